The normalized spacial score (nSPS) is 13.4. The molecule has 3 rings (SSSR count). The minimum Gasteiger partial charge on any atom is -0.330 e. The van der Waals surface area contributed by atoms with Crippen molar-refractivity contribution in [3.63, 3.8) is 0 Å². The maximum atomic E-state index is 11.3. The molecule has 2 aromatic carbocycles. The summed E-state index contributed by atoms with van der Waals surface area (Å²) in [7, 11) is 0. The largest absolute Gasteiger partial charge is 0.346 e. The van der Waals surface area contributed by atoms with Crippen LogP contribution < -0.4 is 16.4 Å². The number of fused-ring (bicyclic) bond motifs is 2. The van der Waals surface area contributed by atoms with Crippen LogP contribution >= 0.6 is 0 Å². The first-order valence-electron chi connectivity index (χ1n) is 5.57. The molecular weight excluding hydrogens is 214 g/mol. The molecule has 1 aliphatic rings. The second-order valence-corrected chi connectivity index (χ2v) is 4.05. The van der Waals surface area contributed by atoms with Crippen LogP contribution in [0.4, 0.5) is 16.2 Å². The van der Waals surface area contributed by atoms with Gasteiger partial charge in [-0.2, -0.15) is 5.32 Å². The molecule has 0 spiro atoms. The fourth-order valence-corrected chi connectivity index (χ4v) is 2.28. The van der Waals surface area contributed by atoms with Crippen LogP contribution in [0.25, 0.3) is 10.8 Å². The Morgan fingerprint density at radius 2 is 2.12 bits per heavy atom. The molecule has 0 fully saturated rings. The van der Waals surface area contributed by atoms with Crippen molar-refractivity contribution in [2.75, 3.05) is 11.9 Å². The molecule has 17 heavy (non-hydrogen) atoms. The van der Waals surface area contributed by atoms with Gasteiger partial charge in [-0.3, -0.25) is 0 Å². The fourth-order valence-electron chi connectivity index (χ4n) is 2.28. The number of hydrogen-bond donors (Lipinski definition) is 2. The molecule has 85 valence electrons. The van der Waals surface area contributed by atoms with E-state index in [2.05, 4.69) is 10.6 Å². The molecule has 0 aromatic heterocycles. The van der Waals surface area contributed by atoms with E-state index in [0.717, 1.165) is 34.1 Å². The number of carbonyl (C=O) groups excluding carboxylic acids is 1. The van der Waals surface area contributed by atoms with Gasteiger partial charge in [-0.25, -0.2) is 4.79 Å². The maximum absolute atomic E-state index is 11.3. The zero-order valence-electron chi connectivity index (χ0n) is 9.23. The Labute approximate surface area is 98.8 Å². The zero-order chi connectivity index (χ0) is 11.8. The summed E-state index contributed by atoms with van der Waals surface area (Å²) in [6, 6.07) is 9.69. The highest BCUT2D eigenvalue weighted by Crippen LogP contribution is 2.37. The van der Waals surface area contributed by atoms with Crippen LogP contribution in [-0.2, 0) is 6.42 Å². The quantitative estimate of drug-likeness (QED) is 0.823. The number of nitrogens with two attached hydrogens (primary N) is 1. The molecule has 4 heteroatoms. The van der Waals surface area contributed by atoms with E-state index in [1.54, 1.807) is 0 Å². The smallest absolute Gasteiger partial charge is 0.330 e. The predicted octanol–water partition coefficient (Wildman–Crippen LogP) is 2.12. The molecule has 0 unspecified atom stereocenters. The molecule has 0 aliphatic carbocycles. The van der Waals surface area contributed by atoms with E-state index < -0.39 is 0 Å². The van der Waals surface area contributed by atoms with Gasteiger partial charge in [0.25, 0.3) is 0 Å². The first kappa shape index (κ1) is 10.1. The molecule has 1 heterocycles. The minimum absolute atomic E-state index is 0.298. The van der Waals surface area contributed by atoms with Crippen molar-refractivity contribution in [3.05, 3.63) is 35.9 Å². The third-order valence-electron chi connectivity index (χ3n) is 2.98. The molecule has 0 bridgehead atoms. The van der Waals surface area contributed by atoms with Crippen molar-refractivity contribution in [2.45, 2.75) is 6.42 Å². The van der Waals surface area contributed by atoms with Crippen LogP contribution in [0.5, 0.6) is 0 Å². The van der Waals surface area contributed by atoms with Gasteiger partial charge in [0.05, 0.1) is 11.4 Å². The van der Waals surface area contributed by atoms with E-state index in [9.17, 15) is 4.79 Å². The highest BCUT2D eigenvalue weighted by Gasteiger charge is 2.23. The van der Waals surface area contributed by atoms with E-state index in [1.165, 1.54) is 0 Å². The summed E-state index contributed by atoms with van der Waals surface area (Å²) in [5, 5.41) is 8.98. The van der Waals surface area contributed by atoms with Crippen LogP contribution in [0.2, 0.25) is 0 Å². The van der Waals surface area contributed by atoms with Gasteiger partial charge in [-0.1, -0.05) is 24.3 Å². The van der Waals surface area contributed by atoms with Crippen molar-refractivity contribution >= 4 is 28.2 Å². The minimum atomic E-state index is -0.298. The third kappa shape index (κ3) is 1.54. The summed E-state index contributed by atoms with van der Waals surface area (Å²) in [5.74, 6) is 0. The van der Waals surface area contributed by atoms with Gasteiger partial charge in [-0.05, 0) is 35.4 Å². The number of benzene rings is 2. The molecule has 1 aliphatic heterocycles. The lowest BCUT2D eigenvalue weighted by Gasteiger charge is -2.09. The average Bonchev–Trinajstić information content (AvgIpc) is 2.69. The molecule has 0 atom stereocenters. The van der Waals surface area contributed by atoms with Crippen molar-refractivity contribution < 1.29 is 4.79 Å². The Morgan fingerprint density at radius 1 is 1.29 bits per heavy atom. The first-order chi connectivity index (χ1) is 8.29. The predicted molar refractivity (Wildman–Crippen MR) is 67.5 cm³/mol. The maximum Gasteiger partial charge on any atom is 0.346 e. The molecule has 4 nitrogen and oxygen atoms in total. The van der Waals surface area contributed by atoms with Crippen LogP contribution in [0.1, 0.15) is 5.56 Å². The van der Waals surface area contributed by atoms with Gasteiger partial charge in [0.15, 0.2) is 0 Å². The summed E-state index contributed by atoms with van der Waals surface area (Å²) >= 11 is 0. The molecule has 3 N–H and O–H groups in total. The van der Waals surface area contributed by atoms with Crippen LogP contribution in [-0.4, -0.2) is 12.6 Å². The Kier molecular flexibility index (Phi) is 2.23. The molecule has 0 saturated heterocycles. The second-order valence-electron chi connectivity index (χ2n) is 4.05. The SMILES string of the molecule is NCCc1c2c(cc3ccccc13)NC(=O)[N]2. The molecule has 2 aromatic rings. The highest BCUT2D eigenvalue weighted by molar-refractivity contribution is 6.08. The van der Waals surface area contributed by atoms with E-state index in [1.807, 2.05) is 30.3 Å². The summed E-state index contributed by atoms with van der Waals surface area (Å²) < 4.78 is 0. The zero-order valence-corrected chi connectivity index (χ0v) is 9.23. The molecule has 2 amide bonds. The number of nitrogens with one attached hydrogen (secondary N) is 1. The van der Waals surface area contributed by atoms with Gasteiger partial charge in [-0.15, -0.1) is 0 Å². The molecule has 1 radical (unpaired) electrons. The lowest BCUT2D eigenvalue weighted by atomic mass is 9.99. The van der Waals surface area contributed by atoms with E-state index in [0.29, 0.717) is 6.54 Å². The monoisotopic (exact) mass is 226 g/mol. The van der Waals surface area contributed by atoms with Crippen molar-refractivity contribution in [2.24, 2.45) is 5.73 Å². The first-order valence-corrected chi connectivity index (χ1v) is 5.57. The van der Waals surface area contributed by atoms with Crippen molar-refractivity contribution in [1.82, 2.24) is 5.32 Å². The summed E-state index contributed by atoms with van der Waals surface area (Å²) in [6.07, 6.45) is 0.724. The number of nitrogens with zero attached hydrogens (tertiary/aromatic N) is 1. The second kappa shape index (κ2) is 3.75. The molecular formula is C13H12N3O. The Balaban J connectivity index is 2.31. The van der Waals surface area contributed by atoms with Crippen molar-refractivity contribution in [1.29, 1.82) is 0 Å². The summed E-state index contributed by atoms with van der Waals surface area (Å²) in [6.45, 7) is 0.546. The number of rotatable bonds is 2. The van der Waals surface area contributed by atoms with Gasteiger partial charge in [0.2, 0.25) is 0 Å². The summed E-state index contributed by atoms with van der Waals surface area (Å²) in [4.78, 5) is 11.3. The number of urea groups is 1. The Morgan fingerprint density at radius 3 is 2.94 bits per heavy atom. The number of carbonyl (C=O) groups is 1. The van der Waals surface area contributed by atoms with Gasteiger partial charge in [0, 0.05) is 0 Å². The van der Waals surface area contributed by atoms with Gasteiger partial charge >= 0.3 is 6.03 Å². The van der Waals surface area contributed by atoms with E-state index in [-0.39, 0.29) is 6.03 Å². The van der Waals surface area contributed by atoms with Crippen LogP contribution in [0.3, 0.4) is 0 Å². The van der Waals surface area contributed by atoms with Crippen LogP contribution in [0.15, 0.2) is 30.3 Å². The number of anilines is 1. The number of hydrogen-bond acceptors (Lipinski definition) is 2. The Bertz CT molecular complexity index is 607. The highest BCUT2D eigenvalue weighted by atomic mass is 16.2. The van der Waals surface area contributed by atoms with Gasteiger partial charge < -0.3 is 11.1 Å². The average molecular weight is 226 g/mol. The summed E-state index contributed by atoms with van der Waals surface area (Å²) in [5.41, 5.74) is 8.23. The third-order valence-corrected chi connectivity index (χ3v) is 2.98. The van der Waals surface area contributed by atoms with Gasteiger partial charge in [0.1, 0.15) is 0 Å². The lowest BCUT2D eigenvalue weighted by Crippen LogP contribution is -2.09. The lowest BCUT2D eigenvalue weighted by molar-refractivity contribution is 0.256. The van der Waals surface area contributed by atoms with Crippen LogP contribution in [0, 0.1) is 0 Å². The fraction of sp³-hybridized carbons (Fsp3) is 0.154. The van der Waals surface area contributed by atoms with Crippen molar-refractivity contribution in [3.8, 4) is 0 Å². The van der Waals surface area contributed by atoms with E-state index >= 15 is 0 Å². The topological polar surface area (TPSA) is 69.2 Å². The molecule has 0 saturated carbocycles. The number of amides is 2. The van der Waals surface area contributed by atoms with E-state index in [4.69, 9.17) is 5.73 Å². The standard InChI is InChI=1S/C13H12N3O/c14-6-5-10-9-4-2-1-3-8(9)7-11-12(10)16-13(17)15-11/h1-4,7H,5-6,14H2,(H,15,17). The Hall–Kier alpha value is -2.07.